The Balaban J connectivity index is 5.25. The van der Waals surface area contributed by atoms with Gasteiger partial charge in [-0.25, -0.2) is 9.13 Å². The Labute approximate surface area is 567 Å². The lowest BCUT2D eigenvalue weighted by atomic mass is 10.0. The van der Waals surface area contributed by atoms with Gasteiger partial charge in [0.1, 0.15) is 19.3 Å². The Bertz CT molecular complexity index is 1870. The molecular weight excluding hydrogens is 1220 g/mol. The highest BCUT2D eigenvalue weighted by molar-refractivity contribution is 7.47. The predicted octanol–water partition coefficient (Wildman–Crippen LogP) is 21.4. The lowest BCUT2D eigenvalue weighted by molar-refractivity contribution is -0.161. The number of ether oxygens (including phenoxy) is 4. The summed E-state index contributed by atoms with van der Waals surface area (Å²) in [5.41, 5.74) is 0. The Morgan fingerprint density at radius 1 is 0.301 bits per heavy atom. The van der Waals surface area contributed by atoms with E-state index >= 15 is 0 Å². The van der Waals surface area contributed by atoms with E-state index in [1.165, 1.54) is 180 Å². The van der Waals surface area contributed by atoms with Gasteiger partial charge in [-0.15, -0.1) is 0 Å². The standard InChI is InChI=1S/C74H140O17P2/c1-5-9-13-17-21-25-28-30-32-33-34-36-38-41-45-49-53-57-61-74(79)91-70(65-85-72(77)59-55-51-47-43-40-37-35-31-29-26-22-18-14-10-6-2)67-89-93(82,83)87-63-68(75)62-86-92(80,81)88-66-69(64-84-71(76)58-54-50-46-42-24-20-16-12-8-4)90-73(78)60-56-52-48-44-39-27-23-19-15-11-7-3/h26,29,31,35,68-70,75H,5-25,27-28,30,32-34,36-67H2,1-4H3,(H,80,81)(H,82,83)/b29-26-,35-31-/t68-,69+,70+/m0/s1. The molecule has 0 aromatic carbocycles. The van der Waals surface area contributed by atoms with E-state index in [0.29, 0.717) is 25.7 Å². The van der Waals surface area contributed by atoms with E-state index < -0.39 is 97.5 Å². The van der Waals surface area contributed by atoms with E-state index in [2.05, 4.69) is 52.0 Å². The fourth-order valence-electron chi connectivity index (χ4n) is 10.9. The van der Waals surface area contributed by atoms with Crippen LogP contribution in [0.3, 0.4) is 0 Å². The second kappa shape index (κ2) is 68.1. The molecule has 0 rings (SSSR count). The summed E-state index contributed by atoms with van der Waals surface area (Å²) in [7, 11) is -9.91. The SMILES string of the molecule is CCCCCC/C=C\C=C/CCCCCCCC(=O)OC[C@H](COP(=O)(O)OC[C@@H](O)COP(=O)(O)OC[C@@H](COC(=O)CCCCCCCCCCC)OC(=O)CCCCCCCCCCCCC)OC(=O)CCCCCCCCCCCCCCCCCCCC. The molecule has 0 aromatic heterocycles. The van der Waals surface area contributed by atoms with Gasteiger partial charge in [-0.1, -0.05) is 315 Å². The zero-order valence-electron chi connectivity index (χ0n) is 59.7. The van der Waals surface area contributed by atoms with Crippen LogP contribution in [-0.2, 0) is 65.4 Å². The number of carbonyl (C=O) groups excluding carboxylic acids is 4. The summed E-state index contributed by atoms with van der Waals surface area (Å²) in [6.45, 7) is 4.89. The summed E-state index contributed by atoms with van der Waals surface area (Å²) in [6, 6.07) is 0. The van der Waals surface area contributed by atoms with Crippen molar-refractivity contribution in [1.82, 2.24) is 0 Å². The van der Waals surface area contributed by atoms with Gasteiger partial charge in [-0.05, 0) is 51.4 Å². The lowest BCUT2D eigenvalue weighted by Crippen LogP contribution is -2.30. The molecule has 93 heavy (non-hydrogen) atoms. The van der Waals surface area contributed by atoms with Crippen LogP contribution >= 0.6 is 15.6 Å². The average molecular weight is 1360 g/mol. The third kappa shape index (κ3) is 67.9. The normalized spacial score (nSPS) is 14.1. The first-order valence-corrected chi connectivity index (χ1v) is 41.1. The number of allylic oxidation sites excluding steroid dienone is 4. The summed E-state index contributed by atoms with van der Waals surface area (Å²) in [6.07, 6.45) is 60.4. The maximum atomic E-state index is 13.1. The summed E-state index contributed by atoms with van der Waals surface area (Å²) in [5, 5.41) is 10.6. The monoisotopic (exact) mass is 1360 g/mol. The molecule has 0 saturated heterocycles. The largest absolute Gasteiger partial charge is 0.472 e. The van der Waals surface area contributed by atoms with Crippen molar-refractivity contribution in [3.8, 4) is 0 Å². The molecule has 0 saturated carbocycles. The van der Waals surface area contributed by atoms with Crippen LogP contribution in [0.25, 0.3) is 0 Å². The Hall–Kier alpha value is -2.46. The molecule has 0 aliphatic heterocycles. The van der Waals surface area contributed by atoms with Crippen molar-refractivity contribution in [3.05, 3.63) is 24.3 Å². The molecule has 0 aliphatic carbocycles. The first-order valence-electron chi connectivity index (χ1n) is 38.1. The topological polar surface area (TPSA) is 237 Å². The third-order valence-electron chi connectivity index (χ3n) is 16.7. The van der Waals surface area contributed by atoms with E-state index in [4.69, 9.17) is 37.0 Å². The molecule has 548 valence electrons. The number of hydrogen-bond donors (Lipinski definition) is 3. The molecule has 0 aliphatic rings. The number of rotatable bonds is 73. The summed E-state index contributed by atoms with van der Waals surface area (Å²) in [4.78, 5) is 72.6. The van der Waals surface area contributed by atoms with Gasteiger partial charge in [-0.2, -0.15) is 0 Å². The van der Waals surface area contributed by atoms with Gasteiger partial charge in [0.25, 0.3) is 0 Å². The number of phosphoric ester groups is 2. The zero-order chi connectivity index (χ0) is 68.2. The second-order valence-corrected chi connectivity index (χ2v) is 28.9. The van der Waals surface area contributed by atoms with E-state index in [1.54, 1.807) is 0 Å². The Morgan fingerprint density at radius 2 is 0.516 bits per heavy atom. The molecule has 2 unspecified atom stereocenters. The van der Waals surface area contributed by atoms with Crippen molar-refractivity contribution >= 4 is 39.5 Å². The number of aliphatic hydroxyl groups excluding tert-OH is 1. The maximum Gasteiger partial charge on any atom is 0.472 e. The van der Waals surface area contributed by atoms with E-state index in [1.807, 2.05) is 0 Å². The Kier molecular flexibility index (Phi) is 66.3. The van der Waals surface area contributed by atoms with Crippen molar-refractivity contribution in [1.29, 1.82) is 0 Å². The molecule has 0 fully saturated rings. The highest BCUT2D eigenvalue weighted by Crippen LogP contribution is 2.45. The number of hydrogen-bond acceptors (Lipinski definition) is 15. The molecule has 0 amide bonds. The van der Waals surface area contributed by atoms with Gasteiger partial charge in [0.2, 0.25) is 0 Å². The van der Waals surface area contributed by atoms with Crippen LogP contribution in [0.4, 0.5) is 0 Å². The van der Waals surface area contributed by atoms with Crippen molar-refractivity contribution in [2.24, 2.45) is 0 Å². The second-order valence-electron chi connectivity index (χ2n) is 26.0. The van der Waals surface area contributed by atoms with E-state index in [-0.39, 0.29) is 25.7 Å². The van der Waals surface area contributed by atoms with Crippen LogP contribution < -0.4 is 0 Å². The zero-order valence-corrected chi connectivity index (χ0v) is 61.5. The average Bonchev–Trinajstić information content (AvgIpc) is 2.91. The molecule has 19 heteroatoms. The van der Waals surface area contributed by atoms with E-state index in [0.717, 1.165) is 109 Å². The minimum Gasteiger partial charge on any atom is -0.462 e. The maximum absolute atomic E-state index is 13.1. The van der Waals surface area contributed by atoms with Crippen LogP contribution in [0, 0.1) is 0 Å². The van der Waals surface area contributed by atoms with Crippen LogP contribution in [0.5, 0.6) is 0 Å². The van der Waals surface area contributed by atoms with Crippen LogP contribution in [0.15, 0.2) is 24.3 Å². The van der Waals surface area contributed by atoms with Gasteiger partial charge in [0.05, 0.1) is 26.4 Å². The molecule has 0 spiro atoms. The number of carbonyl (C=O) groups is 4. The number of aliphatic hydroxyl groups is 1. The number of unbranched alkanes of at least 4 members (excludes halogenated alkanes) is 44. The fourth-order valence-corrected chi connectivity index (χ4v) is 12.4. The first kappa shape index (κ1) is 90.5. The summed E-state index contributed by atoms with van der Waals surface area (Å²) < 4.78 is 68.3. The van der Waals surface area contributed by atoms with Crippen LogP contribution in [0.1, 0.15) is 368 Å². The van der Waals surface area contributed by atoms with Crippen molar-refractivity contribution < 1.29 is 80.2 Å². The molecular formula is C74H140O17P2. The van der Waals surface area contributed by atoms with Gasteiger partial charge in [-0.3, -0.25) is 37.3 Å². The molecule has 0 bridgehead atoms. The summed E-state index contributed by atoms with van der Waals surface area (Å²) >= 11 is 0. The van der Waals surface area contributed by atoms with Gasteiger partial charge in [0, 0.05) is 25.7 Å². The smallest absolute Gasteiger partial charge is 0.462 e. The fraction of sp³-hybridized carbons (Fsp3) is 0.892. The Morgan fingerprint density at radius 3 is 0.785 bits per heavy atom. The highest BCUT2D eigenvalue weighted by Gasteiger charge is 2.30. The third-order valence-corrected chi connectivity index (χ3v) is 18.6. The highest BCUT2D eigenvalue weighted by atomic mass is 31.2. The van der Waals surface area contributed by atoms with E-state index in [9.17, 15) is 43.2 Å². The molecule has 0 heterocycles. The molecule has 3 N–H and O–H groups in total. The lowest BCUT2D eigenvalue weighted by Gasteiger charge is -2.21. The predicted molar refractivity (Wildman–Crippen MR) is 377 cm³/mol. The van der Waals surface area contributed by atoms with Gasteiger partial charge in [0.15, 0.2) is 12.2 Å². The van der Waals surface area contributed by atoms with Crippen molar-refractivity contribution in [2.75, 3.05) is 39.6 Å². The minimum absolute atomic E-state index is 0.102. The minimum atomic E-state index is -4.96. The van der Waals surface area contributed by atoms with Crippen molar-refractivity contribution in [2.45, 2.75) is 386 Å². The van der Waals surface area contributed by atoms with Crippen LogP contribution in [0.2, 0.25) is 0 Å². The molecule has 0 aromatic rings. The number of phosphoric acid groups is 2. The molecule has 17 nitrogen and oxygen atoms in total. The van der Waals surface area contributed by atoms with Crippen molar-refractivity contribution in [3.63, 3.8) is 0 Å². The van der Waals surface area contributed by atoms with Gasteiger partial charge >= 0.3 is 39.5 Å². The number of esters is 4. The summed E-state index contributed by atoms with van der Waals surface area (Å²) in [5.74, 6) is -2.15. The first-order chi connectivity index (χ1) is 45.2. The van der Waals surface area contributed by atoms with Crippen LogP contribution in [-0.4, -0.2) is 96.7 Å². The quantitative estimate of drug-likeness (QED) is 0.0169. The molecule has 5 atom stereocenters. The van der Waals surface area contributed by atoms with Gasteiger partial charge < -0.3 is 33.8 Å². The molecule has 0 radical (unpaired) electrons.